The summed E-state index contributed by atoms with van der Waals surface area (Å²) < 4.78 is 16.8. The van der Waals surface area contributed by atoms with Crippen molar-refractivity contribution < 1.29 is 13.9 Å². The lowest BCUT2D eigenvalue weighted by Crippen LogP contribution is -1.99. The average Bonchev–Trinajstić information content (AvgIpc) is 3.15. The van der Waals surface area contributed by atoms with Crippen LogP contribution in [0.1, 0.15) is 11.4 Å². The Hall–Kier alpha value is -3.81. The molecule has 0 unspecified atom stereocenters. The van der Waals surface area contributed by atoms with E-state index in [9.17, 15) is 0 Å². The number of oxazole rings is 1. The summed E-state index contributed by atoms with van der Waals surface area (Å²) in [7, 11) is 0. The highest BCUT2D eigenvalue weighted by Gasteiger charge is 2.12. The first-order valence-electron chi connectivity index (χ1n) is 8.58. The van der Waals surface area contributed by atoms with Crippen molar-refractivity contribution in [2.24, 2.45) is 0 Å². The summed E-state index contributed by atoms with van der Waals surface area (Å²) in [6.45, 7) is 6.23. The van der Waals surface area contributed by atoms with Gasteiger partial charge in [0, 0.05) is 11.8 Å². The van der Waals surface area contributed by atoms with Crippen molar-refractivity contribution >= 4 is 11.2 Å². The number of hydrogen-bond acceptors (Lipinski definition) is 8. The lowest BCUT2D eigenvalue weighted by molar-refractivity contribution is 0.299. The van der Waals surface area contributed by atoms with Gasteiger partial charge in [0.25, 0.3) is 0 Å². The largest absolute Gasteiger partial charge is 0.488 e. The molecule has 0 fully saturated rings. The third kappa shape index (κ3) is 3.96. The van der Waals surface area contributed by atoms with Crippen molar-refractivity contribution in [2.45, 2.75) is 13.5 Å². The topological polar surface area (TPSA) is 96.1 Å². The van der Waals surface area contributed by atoms with Crippen molar-refractivity contribution in [1.29, 1.82) is 0 Å². The van der Waals surface area contributed by atoms with E-state index in [1.165, 1.54) is 6.33 Å². The van der Waals surface area contributed by atoms with E-state index in [0.717, 1.165) is 11.4 Å². The number of aryl methyl sites for hydroxylation is 1. The fourth-order valence-electron chi connectivity index (χ4n) is 2.46. The number of rotatable bonds is 7. The zero-order valence-corrected chi connectivity index (χ0v) is 15.2. The Kier molecular flexibility index (Phi) is 4.92. The molecule has 4 aromatic heterocycles. The second kappa shape index (κ2) is 7.83. The zero-order valence-electron chi connectivity index (χ0n) is 15.2. The molecule has 0 saturated heterocycles. The molecular formula is C20H17N5O3. The maximum Gasteiger partial charge on any atom is 0.248 e. The molecule has 140 valence electrons. The van der Waals surface area contributed by atoms with Crippen molar-refractivity contribution in [3.63, 3.8) is 0 Å². The van der Waals surface area contributed by atoms with Gasteiger partial charge in [-0.1, -0.05) is 12.7 Å². The van der Waals surface area contributed by atoms with Crippen molar-refractivity contribution in [3.05, 3.63) is 67.0 Å². The van der Waals surface area contributed by atoms with Crippen LogP contribution in [0.2, 0.25) is 0 Å². The molecule has 0 radical (unpaired) electrons. The van der Waals surface area contributed by atoms with E-state index in [4.69, 9.17) is 13.9 Å². The predicted octanol–water partition coefficient (Wildman–Crippen LogP) is 3.53. The first-order valence-corrected chi connectivity index (χ1v) is 8.58. The highest BCUT2D eigenvalue weighted by atomic mass is 16.5. The van der Waals surface area contributed by atoms with Crippen molar-refractivity contribution in [2.75, 3.05) is 6.61 Å². The molecule has 0 aromatic carbocycles. The molecular weight excluding hydrogens is 358 g/mol. The minimum atomic E-state index is 0.296. The minimum absolute atomic E-state index is 0.296. The van der Waals surface area contributed by atoms with Crippen LogP contribution in [0, 0.1) is 6.92 Å². The lowest BCUT2D eigenvalue weighted by atomic mass is 10.3. The summed E-state index contributed by atoms with van der Waals surface area (Å²) in [5.74, 6) is 1.64. The molecule has 0 atom stereocenters. The van der Waals surface area contributed by atoms with Crippen LogP contribution in [0.15, 0.2) is 60.1 Å². The van der Waals surface area contributed by atoms with Crippen LogP contribution in [-0.4, -0.2) is 31.5 Å². The van der Waals surface area contributed by atoms with E-state index in [2.05, 4.69) is 31.5 Å². The van der Waals surface area contributed by atoms with Crippen LogP contribution in [0.4, 0.5) is 0 Å². The number of nitrogens with zero attached hydrogens (tertiary/aromatic N) is 5. The molecule has 0 saturated carbocycles. The first-order chi connectivity index (χ1) is 13.7. The maximum atomic E-state index is 5.77. The molecule has 0 N–H and O–H groups in total. The lowest BCUT2D eigenvalue weighted by Gasteiger charge is -2.06. The van der Waals surface area contributed by atoms with Gasteiger partial charge >= 0.3 is 0 Å². The van der Waals surface area contributed by atoms with Gasteiger partial charge in [-0.15, -0.1) is 0 Å². The molecule has 0 aliphatic heterocycles. The average molecular weight is 375 g/mol. The molecule has 28 heavy (non-hydrogen) atoms. The van der Waals surface area contributed by atoms with E-state index in [0.29, 0.717) is 47.5 Å². The Morgan fingerprint density at radius 1 is 1.04 bits per heavy atom. The smallest absolute Gasteiger partial charge is 0.248 e. The van der Waals surface area contributed by atoms with Crippen LogP contribution in [0.25, 0.3) is 22.8 Å². The van der Waals surface area contributed by atoms with Gasteiger partial charge in [-0.05, 0) is 25.1 Å². The summed E-state index contributed by atoms with van der Waals surface area (Å²) in [5, 5.41) is 0. The van der Waals surface area contributed by atoms with E-state index in [1.807, 2.05) is 19.1 Å². The van der Waals surface area contributed by atoms with Gasteiger partial charge in [0.2, 0.25) is 11.6 Å². The number of fused-ring (bicyclic) bond motifs is 1. The van der Waals surface area contributed by atoms with Gasteiger partial charge in [0.05, 0.1) is 18.1 Å². The fourth-order valence-corrected chi connectivity index (χ4v) is 2.46. The molecule has 0 aliphatic rings. The molecule has 0 spiro atoms. The molecule has 8 nitrogen and oxygen atoms in total. The summed E-state index contributed by atoms with van der Waals surface area (Å²) in [6.07, 6.45) is 6.39. The highest BCUT2D eigenvalue weighted by Crippen LogP contribution is 2.24. The Labute approximate surface area is 160 Å². The molecule has 4 heterocycles. The second-order valence-electron chi connectivity index (χ2n) is 5.93. The van der Waals surface area contributed by atoms with Gasteiger partial charge in [0.15, 0.2) is 0 Å². The summed E-state index contributed by atoms with van der Waals surface area (Å²) in [4.78, 5) is 21.3. The molecule has 0 amide bonds. The van der Waals surface area contributed by atoms with E-state index >= 15 is 0 Å². The summed E-state index contributed by atoms with van der Waals surface area (Å²) in [6, 6.07) is 7.25. The number of aromatic nitrogens is 5. The number of hydrogen-bond donors (Lipinski definition) is 0. The van der Waals surface area contributed by atoms with Crippen LogP contribution >= 0.6 is 0 Å². The maximum absolute atomic E-state index is 5.77. The molecule has 0 aliphatic carbocycles. The minimum Gasteiger partial charge on any atom is -0.488 e. The summed E-state index contributed by atoms with van der Waals surface area (Å²) in [5.41, 5.74) is 3.21. The fraction of sp³-hybridized carbons (Fsp3) is 0.150. The van der Waals surface area contributed by atoms with E-state index in [-0.39, 0.29) is 0 Å². The highest BCUT2D eigenvalue weighted by molar-refractivity contribution is 5.73. The van der Waals surface area contributed by atoms with Gasteiger partial charge in [-0.3, -0.25) is 4.98 Å². The Balaban J connectivity index is 1.46. The van der Waals surface area contributed by atoms with Crippen molar-refractivity contribution in [1.82, 2.24) is 24.9 Å². The standard InChI is InChI=1S/C20H17N5O3/c1-3-6-26-15-5-4-14(21-9-15)11-27-16-8-18-19(22-10-16)28-20(25-18)17-7-13(2)23-12-24-17/h3-5,7-10,12H,1,6,11H2,2H3. The van der Waals surface area contributed by atoms with E-state index in [1.54, 1.807) is 30.6 Å². The zero-order chi connectivity index (χ0) is 19.3. The second-order valence-corrected chi connectivity index (χ2v) is 5.93. The predicted molar refractivity (Wildman–Crippen MR) is 102 cm³/mol. The van der Waals surface area contributed by atoms with Gasteiger partial charge in [-0.2, -0.15) is 0 Å². The molecule has 4 aromatic rings. The van der Waals surface area contributed by atoms with Crippen LogP contribution < -0.4 is 9.47 Å². The molecule has 0 bridgehead atoms. The van der Waals surface area contributed by atoms with Crippen molar-refractivity contribution in [3.8, 4) is 23.1 Å². The molecule has 4 rings (SSSR count). The third-order valence-electron chi connectivity index (χ3n) is 3.80. The van der Waals surface area contributed by atoms with Gasteiger partial charge < -0.3 is 13.9 Å². The van der Waals surface area contributed by atoms with Gasteiger partial charge in [-0.25, -0.2) is 19.9 Å². The number of ether oxygens (including phenoxy) is 2. The third-order valence-corrected chi connectivity index (χ3v) is 3.80. The normalized spacial score (nSPS) is 10.8. The SMILES string of the molecule is C=CCOc1ccc(COc2cnc3oc(-c4cc(C)ncn4)nc3c2)nc1. The number of pyridine rings is 2. The monoisotopic (exact) mass is 375 g/mol. The van der Waals surface area contributed by atoms with Crippen LogP contribution in [0.5, 0.6) is 11.5 Å². The Morgan fingerprint density at radius 3 is 2.71 bits per heavy atom. The Bertz CT molecular complexity index is 1110. The first kappa shape index (κ1) is 17.6. The quantitative estimate of drug-likeness (QED) is 0.453. The molecule has 8 heteroatoms. The Morgan fingerprint density at radius 2 is 1.93 bits per heavy atom. The van der Waals surface area contributed by atoms with Gasteiger partial charge in [0.1, 0.15) is 42.3 Å². The van der Waals surface area contributed by atoms with E-state index < -0.39 is 0 Å². The van der Waals surface area contributed by atoms with Crippen LogP contribution in [0.3, 0.4) is 0 Å². The van der Waals surface area contributed by atoms with Crippen LogP contribution in [-0.2, 0) is 6.61 Å². The summed E-state index contributed by atoms with van der Waals surface area (Å²) >= 11 is 0.